The van der Waals surface area contributed by atoms with Gasteiger partial charge in [0.25, 0.3) is 0 Å². The molecule has 0 saturated heterocycles. The molecule has 0 spiro atoms. The molecule has 22 heavy (non-hydrogen) atoms. The second-order valence-electron chi connectivity index (χ2n) is 4.52. The summed E-state index contributed by atoms with van der Waals surface area (Å²) in [4.78, 5) is 10.0. The summed E-state index contributed by atoms with van der Waals surface area (Å²) in [5.41, 5.74) is 0.956. The van der Waals surface area contributed by atoms with Gasteiger partial charge < -0.3 is 14.5 Å². The summed E-state index contributed by atoms with van der Waals surface area (Å²) in [6, 6.07) is 8.67. The first kappa shape index (κ1) is 14.2. The van der Waals surface area contributed by atoms with E-state index < -0.39 is 4.92 Å². The van der Waals surface area contributed by atoms with E-state index in [1.807, 2.05) is 18.2 Å². The van der Waals surface area contributed by atoms with E-state index in [0.29, 0.717) is 23.2 Å². The van der Waals surface area contributed by atoms with Crippen LogP contribution in [0.3, 0.4) is 0 Å². The minimum atomic E-state index is -0.561. The van der Waals surface area contributed by atoms with Gasteiger partial charge in [0.15, 0.2) is 0 Å². The molecule has 112 valence electrons. The Balaban J connectivity index is 1.69. The molecular formula is C13H10ClN5O3. The molecule has 0 amide bonds. The van der Waals surface area contributed by atoms with Gasteiger partial charge in [0.2, 0.25) is 11.8 Å². The Morgan fingerprint density at radius 2 is 2.09 bits per heavy atom. The molecule has 9 heteroatoms. The van der Waals surface area contributed by atoms with E-state index in [2.05, 4.69) is 15.3 Å². The molecule has 0 unspecified atom stereocenters. The molecule has 3 rings (SSSR count). The summed E-state index contributed by atoms with van der Waals surface area (Å²) in [7, 11) is 0. The van der Waals surface area contributed by atoms with E-state index in [4.69, 9.17) is 16.0 Å². The first-order valence-electron chi connectivity index (χ1n) is 6.34. The number of benzene rings is 1. The Morgan fingerprint density at radius 3 is 2.82 bits per heavy atom. The number of hydrogen-bond donors (Lipinski definition) is 0. The highest BCUT2D eigenvalue weighted by Gasteiger charge is 2.14. The topological polar surface area (TPSA) is 99.9 Å². The first-order chi connectivity index (χ1) is 10.6. The molecule has 1 aromatic carbocycles. The summed E-state index contributed by atoms with van der Waals surface area (Å²) < 4.78 is 6.87. The molecule has 0 fully saturated rings. The van der Waals surface area contributed by atoms with Crippen LogP contribution < -0.4 is 0 Å². The van der Waals surface area contributed by atoms with Gasteiger partial charge in [-0.1, -0.05) is 23.7 Å². The zero-order chi connectivity index (χ0) is 15.5. The minimum absolute atomic E-state index is 0.177. The molecule has 0 aliphatic rings. The fraction of sp³-hybridized carbons (Fsp3) is 0.154. The van der Waals surface area contributed by atoms with Crippen molar-refractivity contribution in [3.05, 3.63) is 69.0 Å². The lowest BCUT2D eigenvalue weighted by atomic mass is 10.1. The van der Waals surface area contributed by atoms with Crippen molar-refractivity contribution in [3.63, 3.8) is 0 Å². The molecule has 0 atom stereocenters. The van der Waals surface area contributed by atoms with Crippen LogP contribution in [0.4, 0.5) is 5.82 Å². The number of halogens is 1. The second-order valence-corrected chi connectivity index (χ2v) is 4.96. The Hall–Kier alpha value is -2.74. The van der Waals surface area contributed by atoms with Crippen molar-refractivity contribution >= 4 is 17.4 Å². The zero-order valence-corrected chi connectivity index (χ0v) is 12.0. The maximum Gasteiger partial charge on any atom is 0.389 e. The van der Waals surface area contributed by atoms with Crippen LogP contribution in [0.25, 0.3) is 0 Å². The molecule has 0 saturated carbocycles. The highest BCUT2D eigenvalue weighted by atomic mass is 35.5. The lowest BCUT2D eigenvalue weighted by Gasteiger charge is -1.97. The molecule has 0 radical (unpaired) electrons. The van der Waals surface area contributed by atoms with Gasteiger partial charge in [0, 0.05) is 5.02 Å². The van der Waals surface area contributed by atoms with Crippen molar-refractivity contribution in [1.29, 1.82) is 0 Å². The van der Waals surface area contributed by atoms with E-state index in [1.54, 1.807) is 6.07 Å². The van der Waals surface area contributed by atoms with Crippen LogP contribution in [-0.2, 0) is 13.0 Å². The highest BCUT2D eigenvalue weighted by molar-refractivity contribution is 6.30. The number of aromatic nitrogens is 4. The number of nitrogens with zero attached hydrogens (tertiary/aromatic N) is 5. The summed E-state index contributed by atoms with van der Waals surface area (Å²) in [6.45, 7) is 0.177. The van der Waals surface area contributed by atoms with Crippen molar-refractivity contribution in [3.8, 4) is 0 Å². The molecule has 0 aliphatic carbocycles. The average Bonchev–Trinajstić information content (AvgIpc) is 3.09. The molecule has 0 bridgehead atoms. The van der Waals surface area contributed by atoms with E-state index in [-0.39, 0.29) is 12.4 Å². The van der Waals surface area contributed by atoms with Crippen molar-refractivity contribution in [2.24, 2.45) is 0 Å². The normalized spacial score (nSPS) is 10.8. The second kappa shape index (κ2) is 5.94. The van der Waals surface area contributed by atoms with E-state index in [0.717, 1.165) is 5.56 Å². The standard InChI is InChI=1S/C13H10ClN5O3/c14-10-3-1-2-9(6-10)7-12-15-16-13(22-12)8-18-5-4-11(17-18)19(20)21/h1-6H,7-8H2. The number of hydrogen-bond acceptors (Lipinski definition) is 6. The third-order valence-corrected chi connectivity index (χ3v) is 3.10. The fourth-order valence-corrected chi connectivity index (χ4v) is 2.13. The Kier molecular flexibility index (Phi) is 3.84. The molecule has 2 aromatic heterocycles. The monoisotopic (exact) mass is 319 g/mol. The first-order valence-corrected chi connectivity index (χ1v) is 6.71. The predicted molar refractivity (Wildman–Crippen MR) is 76.5 cm³/mol. The Bertz CT molecular complexity index is 813. The van der Waals surface area contributed by atoms with Crippen LogP contribution in [0.15, 0.2) is 40.9 Å². The molecule has 8 nitrogen and oxygen atoms in total. The molecule has 2 heterocycles. The number of rotatable bonds is 5. The molecule has 0 N–H and O–H groups in total. The Morgan fingerprint density at radius 1 is 1.27 bits per heavy atom. The van der Waals surface area contributed by atoms with Gasteiger partial charge in [0.05, 0.1) is 23.8 Å². The maximum absolute atomic E-state index is 10.6. The quantitative estimate of drug-likeness (QED) is 0.529. The fourth-order valence-electron chi connectivity index (χ4n) is 1.92. The van der Waals surface area contributed by atoms with Gasteiger partial charge in [-0.2, -0.15) is 4.68 Å². The highest BCUT2D eigenvalue weighted by Crippen LogP contribution is 2.14. The lowest BCUT2D eigenvalue weighted by molar-refractivity contribution is -0.389. The maximum atomic E-state index is 10.6. The van der Waals surface area contributed by atoms with Crippen molar-refractivity contribution in [2.75, 3.05) is 0 Å². The SMILES string of the molecule is O=[N+]([O-])c1ccn(Cc2nnc(Cc3cccc(Cl)c3)o2)n1. The lowest BCUT2D eigenvalue weighted by Crippen LogP contribution is -2.01. The van der Waals surface area contributed by atoms with Gasteiger partial charge in [-0.15, -0.1) is 10.2 Å². The molecule has 0 aliphatic heterocycles. The van der Waals surface area contributed by atoms with Crippen LogP contribution in [0.5, 0.6) is 0 Å². The zero-order valence-electron chi connectivity index (χ0n) is 11.2. The summed E-state index contributed by atoms with van der Waals surface area (Å²) >= 11 is 5.92. The van der Waals surface area contributed by atoms with Gasteiger partial charge >= 0.3 is 5.82 Å². The van der Waals surface area contributed by atoms with Gasteiger partial charge in [-0.3, -0.25) is 0 Å². The van der Waals surface area contributed by atoms with Crippen LogP contribution in [0, 0.1) is 10.1 Å². The van der Waals surface area contributed by atoms with E-state index in [9.17, 15) is 10.1 Å². The van der Waals surface area contributed by atoms with Crippen molar-refractivity contribution < 1.29 is 9.34 Å². The van der Waals surface area contributed by atoms with E-state index in [1.165, 1.54) is 16.9 Å². The van der Waals surface area contributed by atoms with E-state index >= 15 is 0 Å². The van der Waals surface area contributed by atoms with Crippen LogP contribution >= 0.6 is 11.6 Å². The van der Waals surface area contributed by atoms with Crippen molar-refractivity contribution in [1.82, 2.24) is 20.0 Å². The molecule has 3 aromatic rings. The predicted octanol–water partition coefficient (Wildman–Crippen LogP) is 2.47. The van der Waals surface area contributed by atoms with Crippen LogP contribution in [0.2, 0.25) is 5.02 Å². The van der Waals surface area contributed by atoms with Gasteiger partial charge in [-0.05, 0) is 22.6 Å². The Labute approximate surface area is 129 Å². The van der Waals surface area contributed by atoms with Crippen molar-refractivity contribution in [2.45, 2.75) is 13.0 Å². The smallest absolute Gasteiger partial charge is 0.389 e. The average molecular weight is 320 g/mol. The number of nitro groups is 1. The summed E-state index contributed by atoms with van der Waals surface area (Å²) in [6.07, 6.45) is 1.95. The molecular weight excluding hydrogens is 310 g/mol. The van der Waals surface area contributed by atoms with Crippen LogP contribution in [-0.4, -0.2) is 24.9 Å². The third kappa shape index (κ3) is 3.29. The van der Waals surface area contributed by atoms with Crippen LogP contribution in [0.1, 0.15) is 17.3 Å². The third-order valence-electron chi connectivity index (χ3n) is 2.86. The van der Waals surface area contributed by atoms with Gasteiger partial charge in [-0.25, -0.2) is 0 Å². The minimum Gasteiger partial charge on any atom is -0.423 e. The summed E-state index contributed by atoms with van der Waals surface area (Å²) in [5, 5.41) is 22.8. The largest absolute Gasteiger partial charge is 0.423 e. The van der Waals surface area contributed by atoms with Gasteiger partial charge in [0.1, 0.15) is 6.54 Å². The summed E-state index contributed by atoms with van der Waals surface area (Å²) in [5.74, 6) is 0.549.